The number of nitrogens with one attached hydrogen (secondary N) is 1. The van der Waals surface area contributed by atoms with Gasteiger partial charge in [0.15, 0.2) is 0 Å². The van der Waals surface area contributed by atoms with Gasteiger partial charge in [-0.05, 0) is 57.1 Å². The number of fused-ring (bicyclic) bond motifs is 1. The number of hydrogen-bond donors (Lipinski definition) is 2. The SMILES string of the molecule is COc1c(C)ccc2nc(C3CCC(=NC4CC4)CC3)nc(NCC3(N)COC3)c12. The van der Waals surface area contributed by atoms with Gasteiger partial charge in [-0.1, -0.05) is 6.07 Å². The Labute approximate surface area is 177 Å². The van der Waals surface area contributed by atoms with Gasteiger partial charge in [0.25, 0.3) is 0 Å². The first-order valence-electron chi connectivity index (χ1n) is 11.1. The summed E-state index contributed by atoms with van der Waals surface area (Å²) in [6, 6.07) is 4.74. The van der Waals surface area contributed by atoms with Crippen LogP contribution in [0.15, 0.2) is 17.1 Å². The highest BCUT2D eigenvalue weighted by Gasteiger charge is 2.34. The summed E-state index contributed by atoms with van der Waals surface area (Å²) in [7, 11) is 1.70. The van der Waals surface area contributed by atoms with Crippen molar-refractivity contribution in [2.24, 2.45) is 10.7 Å². The van der Waals surface area contributed by atoms with Crippen LogP contribution in [0.3, 0.4) is 0 Å². The zero-order valence-corrected chi connectivity index (χ0v) is 17.9. The Kier molecular flexibility index (Phi) is 5.11. The topological polar surface area (TPSA) is 94.7 Å². The molecule has 0 spiro atoms. The number of nitrogens with zero attached hydrogens (tertiary/aromatic N) is 3. The Morgan fingerprint density at radius 2 is 1.97 bits per heavy atom. The van der Waals surface area contributed by atoms with Gasteiger partial charge in [-0.2, -0.15) is 0 Å². The molecule has 30 heavy (non-hydrogen) atoms. The Bertz CT molecular complexity index is 971. The van der Waals surface area contributed by atoms with Gasteiger partial charge in [0.2, 0.25) is 0 Å². The molecule has 1 aromatic heterocycles. The quantitative estimate of drug-likeness (QED) is 0.760. The second-order valence-corrected chi connectivity index (χ2v) is 9.15. The molecule has 2 saturated carbocycles. The molecule has 1 aromatic carbocycles. The summed E-state index contributed by atoms with van der Waals surface area (Å²) >= 11 is 0. The Hall–Kier alpha value is -2.25. The number of aromatic nitrogens is 2. The van der Waals surface area contributed by atoms with E-state index in [2.05, 4.69) is 17.4 Å². The summed E-state index contributed by atoms with van der Waals surface area (Å²) < 4.78 is 11.0. The van der Waals surface area contributed by atoms with Crippen molar-refractivity contribution in [3.8, 4) is 5.75 Å². The minimum atomic E-state index is -0.340. The smallest absolute Gasteiger partial charge is 0.141 e. The van der Waals surface area contributed by atoms with Gasteiger partial charge >= 0.3 is 0 Å². The number of hydrogen-bond acceptors (Lipinski definition) is 7. The summed E-state index contributed by atoms with van der Waals surface area (Å²) in [6.45, 7) is 3.79. The van der Waals surface area contributed by atoms with Crippen molar-refractivity contribution >= 4 is 22.4 Å². The summed E-state index contributed by atoms with van der Waals surface area (Å²) in [4.78, 5) is 14.8. The van der Waals surface area contributed by atoms with Crippen LogP contribution in [0.4, 0.5) is 5.82 Å². The van der Waals surface area contributed by atoms with Crippen LogP contribution in [0.2, 0.25) is 0 Å². The van der Waals surface area contributed by atoms with Gasteiger partial charge in [-0.25, -0.2) is 9.97 Å². The van der Waals surface area contributed by atoms with Crippen molar-refractivity contribution in [1.82, 2.24) is 9.97 Å². The second-order valence-electron chi connectivity index (χ2n) is 9.15. The average molecular weight is 410 g/mol. The molecule has 2 aromatic rings. The maximum Gasteiger partial charge on any atom is 0.141 e. The van der Waals surface area contributed by atoms with E-state index in [1.54, 1.807) is 7.11 Å². The third kappa shape index (κ3) is 3.88. The van der Waals surface area contributed by atoms with E-state index < -0.39 is 0 Å². The van der Waals surface area contributed by atoms with E-state index in [1.807, 2.05) is 6.92 Å². The van der Waals surface area contributed by atoms with Gasteiger partial charge in [0.05, 0.1) is 42.8 Å². The molecule has 1 saturated heterocycles. The first-order chi connectivity index (χ1) is 14.5. The van der Waals surface area contributed by atoms with Crippen LogP contribution in [0.25, 0.3) is 10.9 Å². The van der Waals surface area contributed by atoms with Crippen LogP contribution in [0.5, 0.6) is 5.75 Å². The standard InChI is InChI=1S/C23H31N5O2/c1-14-3-10-18-19(20(14)29-2)22(25-11-23(24)12-30-13-23)28-21(27-18)15-4-6-16(7-5-15)26-17-8-9-17/h3,10,15,17H,4-9,11-13,24H2,1-2H3,(H,25,27,28). The molecule has 7 heteroatoms. The number of aryl methyl sites for hydroxylation is 1. The molecule has 0 amide bonds. The fourth-order valence-corrected chi connectivity index (χ4v) is 4.42. The van der Waals surface area contributed by atoms with E-state index in [4.69, 9.17) is 30.2 Å². The summed E-state index contributed by atoms with van der Waals surface area (Å²) in [5.74, 6) is 2.90. The molecule has 2 heterocycles. The van der Waals surface area contributed by atoms with Crippen LogP contribution < -0.4 is 15.8 Å². The molecule has 3 N–H and O–H groups in total. The molecular weight excluding hydrogens is 378 g/mol. The number of aliphatic imine (C=N–C) groups is 1. The maximum atomic E-state index is 6.36. The number of methoxy groups -OCH3 is 1. The fraction of sp³-hybridized carbons (Fsp3) is 0.609. The maximum absolute atomic E-state index is 6.36. The average Bonchev–Trinajstić information content (AvgIpc) is 3.55. The molecule has 0 atom stereocenters. The van der Waals surface area contributed by atoms with Crippen LogP contribution >= 0.6 is 0 Å². The number of ether oxygens (including phenoxy) is 2. The summed E-state index contributed by atoms with van der Waals surface area (Å²) in [5, 5.41) is 4.42. The van der Waals surface area contributed by atoms with Crippen molar-refractivity contribution in [2.75, 3.05) is 32.2 Å². The third-order valence-electron chi connectivity index (χ3n) is 6.46. The van der Waals surface area contributed by atoms with Crippen LogP contribution in [-0.2, 0) is 4.74 Å². The van der Waals surface area contributed by atoms with E-state index in [0.29, 0.717) is 31.7 Å². The Morgan fingerprint density at radius 1 is 1.20 bits per heavy atom. The zero-order valence-electron chi connectivity index (χ0n) is 17.9. The molecule has 3 fully saturated rings. The highest BCUT2D eigenvalue weighted by molar-refractivity contribution is 5.96. The monoisotopic (exact) mass is 409 g/mol. The lowest BCUT2D eigenvalue weighted by Crippen LogP contribution is -2.61. The molecule has 0 bridgehead atoms. The Morgan fingerprint density at radius 3 is 2.60 bits per heavy atom. The minimum absolute atomic E-state index is 0.340. The predicted octanol–water partition coefficient (Wildman–Crippen LogP) is 3.35. The lowest BCUT2D eigenvalue weighted by molar-refractivity contribution is -0.0461. The number of anilines is 1. The lowest BCUT2D eigenvalue weighted by atomic mass is 9.87. The number of nitrogens with two attached hydrogens (primary N) is 1. The summed E-state index contributed by atoms with van der Waals surface area (Å²) in [6.07, 6.45) is 6.79. The molecule has 160 valence electrons. The van der Waals surface area contributed by atoms with E-state index in [0.717, 1.165) is 59.5 Å². The van der Waals surface area contributed by atoms with Gasteiger partial charge in [0, 0.05) is 18.2 Å². The molecule has 7 nitrogen and oxygen atoms in total. The van der Waals surface area contributed by atoms with E-state index in [1.165, 1.54) is 18.6 Å². The van der Waals surface area contributed by atoms with Crippen molar-refractivity contribution in [3.05, 3.63) is 23.5 Å². The third-order valence-corrected chi connectivity index (χ3v) is 6.46. The number of rotatable bonds is 6. The normalized spacial score (nSPS) is 23.2. The molecule has 1 aliphatic heterocycles. The van der Waals surface area contributed by atoms with Crippen LogP contribution in [0, 0.1) is 6.92 Å². The van der Waals surface area contributed by atoms with E-state index >= 15 is 0 Å². The fourth-order valence-electron chi connectivity index (χ4n) is 4.42. The molecule has 3 aliphatic rings. The molecular formula is C23H31N5O2. The van der Waals surface area contributed by atoms with Crippen molar-refractivity contribution in [3.63, 3.8) is 0 Å². The first-order valence-corrected chi connectivity index (χ1v) is 11.1. The molecule has 5 rings (SSSR count). The first kappa shape index (κ1) is 19.7. The van der Waals surface area contributed by atoms with Crippen LogP contribution in [-0.4, -0.2) is 54.1 Å². The van der Waals surface area contributed by atoms with Crippen molar-refractivity contribution < 1.29 is 9.47 Å². The Balaban J connectivity index is 1.46. The van der Waals surface area contributed by atoms with Gasteiger partial charge < -0.3 is 20.5 Å². The van der Waals surface area contributed by atoms with Crippen molar-refractivity contribution in [2.45, 2.75) is 62.9 Å². The van der Waals surface area contributed by atoms with Gasteiger partial charge in [-0.3, -0.25) is 4.99 Å². The largest absolute Gasteiger partial charge is 0.496 e. The highest BCUT2D eigenvalue weighted by Crippen LogP contribution is 2.37. The second kappa shape index (κ2) is 7.78. The molecule has 0 radical (unpaired) electrons. The molecule has 0 unspecified atom stereocenters. The number of benzene rings is 1. The minimum Gasteiger partial charge on any atom is -0.496 e. The molecule has 2 aliphatic carbocycles. The highest BCUT2D eigenvalue weighted by atomic mass is 16.5. The van der Waals surface area contributed by atoms with E-state index in [9.17, 15) is 0 Å². The summed E-state index contributed by atoms with van der Waals surface area (Å²) in [5.41, 5.74) is 9.39. The van der Waals surface area contributed by atoms with Crippen LogP contribution in [0.1, 0.15) is 55.8 Å². The van der Waals surface area contributed by atoms with Gasteiger partial charge in [0.1, 0.15) is 17.4 Å². The predicted molar refractivity (Wildman–Crippen MR) is 119 cm³/mol. The van der Waals surface area contributed by atoms with Gasteiger partial charge in [-0.15, -0.1) is 0 Å². The zero-order chi connectivity index (χ0) is 20.7. The van der Waals surface area contributed by atoms with E-state index in [-0.39, 0.29) is 5.54 Å². The lowest BCUT2D eigenvalue weighted by Gasteiger charge is -2.38. The van der Waals surface area contributed by atoms with Crippen molar-refractivity contribution in [1.29, 1.82) is 0 Å².